The van der Waals surface area contributed by atoms with Gasteiger partial charge in [-0.25, -0.2) is 4.79 Å². The number of ether oxygens (including phenoxy) is 1. The Morgan fingerprint density at radius 1 is 1.24 bits per heavy atom. The fourth-order valence-corrected chi connectivity index (χ4v) is 4.76. The molecule has 1 spiro atoms. The minimum atomic E-state index is -0.271. The van der Waals surface area contributed by atoms with Gasteiger partial charge in [-0.15, -0.1) is 0 Å². The molecule has 6 nitrogen and oxygen atoms in total. The van der Waals surface area contributed by atoms with E-state index < -0.39 is 0 Å². The van der Waals surface area contributed by atoms with Crippen LogP contribution >= 0.6 is 0 Å². The average molecular weight is 396 g/mol. The number of amides is 1. The first-order chi connectivity index (χ1) is 13.9. The van der Waals surface area contributed by atoms with Crippen LogP contribution in [0.2, 0.25) is 0 Å². The molecule has 0 saturated carbocycles. The van der Waals surface area contributed by atoms with Gasteiger partial charge in [-0.05, 0) is 44.1 Å². The van der Waals surface area contributed by atoms with Crippen molar-refractivity contribution in [2.45, 2.75) is 52.7 Å². The number of piperidine rings is 1. The topological polar surface area (TPSA) is 64.4 Å². The second-order valence-electron chi connectivity index (χ2n) is 8.71. The molecular weight excluding hydrogens is 366 g/mol. The van der Waals surface area contributed by atoms with Gasteiger partial charge in [-0.3, -0.25) is 9.48 Å². The number of hydrogen-bond donors (Lipinski definition) is 0. The second-order valence-corrected chi connectivity index (χ2v) is 8.71. The van der Waals surface area contributed by atoms with E-state index in [1.165, 1.54) is 0 Å². The molecule has 1 aliphatic heterocycles. The van der Waals surface area contributed by atoms with Crippen LogP contribution in [0.3, 0.4) is 0 Å². The molecule has 1 aromatic heterocycles. The zero-order chi connectivity index (χ0) is 20.6. The Kier molecular flexibility index (Phi) is 5.19. The average Bonchev–Trinajstić information content (AvgIpc) is 3.15. The van der Waals surface area contributed by atoms with Gasteiger partial charge < -0.3 is 9.64 Å². The van der Waals surface area contributed by atoms with E-state index >= 15 is 0 Å². The SMILES string of the molecule is CC(C)n1ncc2c1C(=O)C(C)C1(CCN(C(=O)OCc3ccccc3)CC1)C2. The number of carbonyl (C=O) groups is 2. The monoisotopic (exact) mass is 395 g/mol. The molecule has 1 fully saturated rings. The van der Waals surface area contributed by atoms with E-state index in [0.717, 1.165) is 36.1 Å². The highest BCUT2D eigenvalue weighted by atomic mass is 16.6. The van der Waals surface area contributed by atoms with Crippen LogP contribution in [0.1, 0.15) is 61.3 Å². The minimum Gasteiger partial charge on any atom is -0.445 e. The van der Waals surface area contributed by atoms with Gasteiger partial charge in [0.15, 0.2) is 5.78 Å². The first-order valence-electron chi connectivity index (χ1n) is 10.5. The molecule has 0 radical (unpaired) electrons. The molecule has 6 heteroatoms. The standard InChI is InChI=1S/C23H29N3O3/c1-16(2)26-20-19(14-24-26)13-23(17(3)21(20)27)9-11-25(12-10-23)22(28)29-15-18-7-5-4-6-8-18/h4-8,14,16-17H,9-13,15H2,1-3H3. The van der Waals surface area contributed by atoms with Gasteiger partial charge in [-0.2, -0.15) is 5.10 Å². The van der Waals surface area contributed by atoms with Gasteiger partial charge in [0.05, 0.1) is 6.20 Å². The Bertz CT molecular complexity index is 895. The van der Waals surface area contributed by atoms with E-state index in [9.17, 15) is 9.59 Å². The van der Waals surface area contributed by atoms with Crippen molar-refractivity contribution in [1.82, 2.24) is 14.7 Å². The van der Waals surface area contributed by atoms with Crippen LogP contribution in [0.15, 0.2) is 36.5 Å². The number of ketones is 1. The number of likely N-dealkylation sites (tertiary alicyclic amines) is 1. The Labute approximate surface area is 171 Å². The molecule has 1 aromatic carbocycles. The van der Waals surface area contributed by atoms with Crippen LogP contribution in [0.4, 0.5) is 4.79 Å². The normalized spacial score (nSPS) is 20.8. The summed E-state index contributed by atoms with van der Waals surface area (Å²) in [6, 6.07) is 9.88. The van der Waals surface area contributed by atoms with Crippen molar-refractivity contribution in [2.24, 2.45) is 11.3 Å². The second kappa shape index (κ2) is 7.65. The Morgan fingerprint density at radius 3 is 2.59 bits per heavy atom. The maximum absolute atomic E-state index is 13.2. The smallest absolute Gasteiger partial charge is 0.410 e. The maximum atomic E-state index is 13.2. The summed E-state index contributed by atoms with van der Waals surface area (Å²) >= 11 is 0. The molecular formula is C23H29N3O3. The van der Waals surface area contributed by atoms with E-state index in [2.05, 4.69) is 18.9 Å². The van der Waals surface area contributed by atoms with Crippen LogP contribution in [0.25, 0.3) is 0 Å². The summed E-state index contributed by atoms with van der Waals surface area (Å²) in [4.78, 5) is 27.4. The summed E-state index contributed by atoms with van der Waals surface area (Å²) in [5, 5.41) is 4.47. The van der Waals surface area contributed by atoms with Gasteiger partial charge >= 0.3 is 6.09 Å². The van der Waals surface area contributed by atoms with Gasteiger partial charge in [0.1, 0.15) is 12.3 Å². The summed E-state index contributed by atoms with van der Waals surface area (Å²) in [7, 11) is 0. The van der Waals surface area contributed by atoms with Crippen LogP contribution in [-0.2, 0) is 17.8 Å². The molecule has 2 aromatic rings. The number of carbonyl (C=O) groups excluding carboxylic acids is 2. The van der Waals surface area contributed by atoms with E-state index in [-0.39, 0.29) is 35.9 Å². The van der Waals surface area contributed by atoms with E-state index in [0.29, 0.717) is 13.1 Å². The maximum Gasteiger partial charge on any atom is 0.410 e. The number of nitrogens with zero attached hydrogens (tertiary/aromatic N) is 3. The largest absolute Gasteiger partial charge is 0.445 e. The predicted octanol–water partition coefficient (Wildman–Crippen LogP) is 4.26. The lowest BCUT2D eigenvalue weighted by molar-refractivity contribution is 0.0311. The summed E-state index contributed by atoms with van der Waals surface area (Å²) < 4.78 is 7.34. The number of Topliss-reactive ketones (excluding diaryl/α,β-unsaturated/α-hetero) is 1. The molecule has 1 atom stereocenters. The third-order valence-electron chi connectivity index (χ3n) is 6.67. The Balaban J connectivity index is 1.41. The zero-order valence-corrected chi connectivity index (χ0v) is 17.4. The van der Waals surface area contributed by atoms with E-state index in [1.807, 2.05) is 48.1 Å². The summed E-state index contributed by atoms with van der Waals surface area (Å²) in [6.45, 7) is 7.68. The molecule has 2 heterocycles. The van der Waals surface area contributed by atoms with Crippen molar-refractivity contribution in [1.29, 1.82) is 0 Å². The summed E-state index contributed by atoms with van der Waals surface area (Å²) in [6.07, 6.45) is 4.07. The van der Waals surface area contributed by atoms with E-state index in [1.54, 1.807) is 4.90 Å². The molecule has 0 N–H and O–H groups in total. The quantitative estimate of drug-likeness (QED) is 0.779. The van der Waals surface area contributed by atoms with Crippen LogP contribution in [0.5, 0.6) is 0 Å². The van der Waals surface area contributed by atoms with Crippen LogP contribution in [-0.4, -0.2) is 39.6 Å². The number of rotatable bonds is 3. The number of fused-ring (bicyclic) bond motifs is 1. The van der Waals surface area contributed by atoms with Crippen molar-refractivity contribution < 1.29 is 14.3 Å². The molecule has 1 aliphatic carbocycles. The summed E-state index contributed by atoms with van der Waals surface area (Å²) in [5.74, 6) is 0.129. The highest BCUT2D eigenvalue weighted by Gasteiger charge is 2.48. The first kappa shape index (κ1) is 19.7. The van der Waals surface area contributed by atoms with Gasteiger partial charge in [0.25, 0.3) is 0 Å². The number of benzene rings is 1. The minimum absolute atomic E-state index is 0.0633. The highest BCUT2D eigenvalue weighted by Crippen LogP contribution is 2.47. The fraction of sp³-hybridized carbons (Fsp3) is 0.522. The molecule has 0 bridgehead atoms. The lowest BCUT2D eigenvalue weighted by atomic mass is 9.61. The number of aromatic nitrogens is 2. The molecule has 154 valence electrons. The number of hydrogen-bond acceptors (Lipinski definition) is 4. The van der Waals surface area contributed by atoms with Gasteiger partial charge in [0.2, 0.25) is 0 Å². The van der Waals surface area contributed by atoms with Crippen molar-refractivity contribution in [3.8, 4) is 0 Å². The van der Waals surface area contributed by atoms with Crippen LogP contribution < -0.4 is 0 Å². The van der Waals surface area contributed by atoms with Gasteiger partial charge in [-0.1, -0.05) is 37.3 Å². The molecule has 2 aliphatic rings. The zero-order valence-electron chi connectivity index (χ0n) is 17.4. The van der Waals surface area contributed by atoms with Crippen molar-refractivity contribution in [3.05, 3.63) is 53.3 Å². The van der Waals surface area contributed by atoms with E-state index in [4.69, 9.17) is 4.74 Å². The third kappa shape index (κ3) is 3.56. The van der Waals surface area contributed by atoms with Gasteiger partial charge in [0, 0.05) is 30.6 Å². The molecule has 1 unspecified atom stereocenters. The molecule has 29 heavy (non-hydrogen) atoms. The third-order valence-corrected chi connectivity index (χ3v) is 6.67. The summed E-state index contributed by atoms with van der Waals surface area (Å²) in [5.41, 5.74) is 2.73. The lowest BCUT2D eigenvalue weighted by Crippen LogP contribution is -2.50. The first-order valence-corrected chi connectivity index (χ1v) is 10.5. The fourth-order valence-electron chi connectivity index (χ4n) is 4.76. The molecule has 1 amide bonds. The Morgan fingerprint density at radius 2 is 1.93 bits per heavy atom. The lowest BCUT2D eigenvalue weighted by Gasteiger charge is -2.47. The molecule has 4 rings (SSSR count). The predicted molar refractivity (Wildman–Crippen MR) is 110 cm³/mol. The van der Waals surface area contributed by atoms with Crippen molar-refractivity contribution in [3.63, 3.8) is 0 Å². The van der Waals surface area contributed by atoms with Crippen molar-refractivity contribution in [2.75, 3.05) is 13.1 Å². The highest BCUT2D eigenvalue weighted by molar-refractivity contribution is 5.99. The molecule has 1 saturated heterocycles. The van der Waals surface area contributed by atoms with Crippen LogP contribution in [0, 0.1) is 11.3 Å². The van der Waals surface area contributed by atoms with Crippen molar-refractivity contribution >= 4 is 11.9 Å². The Hall–Kier alpha value is -2.63.